The molecule has 3 atom stereocenters. The summed E-state index contributed by atoms with van der Waals surface area (Å²) < 4.78 is 11.6. The summed E-state index contributed by atoms with van der Waals surface area (Å²) in [6, 6.07) is 6.44. The minimum atomic E-state index is -0.0683. The lowest BCUT2D eigenvalue weighted by molar-refractivity contribution is -0.115. The SMILES string of the molecule is CCCCC[C@@H](CCC1=C2[C@H](CC1=O)Cc1c(C)cccc1[C@H]2OC)OC. The predicted molar refractivity (Wildman–Crippen MR) is 109 cm³/mol. The molecule has 0 spiro atoms. The van der Waals surface area contributed by atoms with Crippen LogP contribution in [0.1, 0.15) is 74.7 Å². The zero-order valence-corrected chi connectivity index (χ0v) is 17.3. The second-order valence-electron chi connectivity index (χ2n) is 8.11. The second-order valence-corrected chi connectivity index (χ2v) is 8.11. The van der Waals surface area contributed by atoms with E-state index in [1.54, 1.807) is 14.2 Å². The Morgan fingerprint density at radius 2 is 1.96 bits per heavy atom. The number of hydrogen-bond donors (Lipinski definition) is 0. The van der Waals surface area contributed by atoms with E-state index in [0.717, 1.165) is 31.3 Å². The minimum Gasteiger partial charge on any atom is -0.381 e. The summed E-state index contributed by atoms with van der Waals surface area (Å²) >= 11 is 0. The second kappa shape index (κ2) is 9.16. The zero-order valence-electron chi connectivity index (χ0n) is 17.3. The van der Waals surface area contributed by atoms with Gasteiger partial charge in [0.2, 0.25) is 0 Å². The number of unbranched alkanes of at least 4 members (excludes halogenated alkanes) is 2. The van der Waals surface area contributed by atoms with Crippen molar-refractivity contribution in [1.29, 1.82) is 0 Å². The molecule has 0 amide bonds. The average Bonchev–Trinajstić information content (AvgIpc) is 2.98. The number of carbonyl (C=O) groups is 1. The van der Waals surface area contributed by atoms with Crippen molar-refractivity contribution in [3.63, 3.8) is 0 Å². The summed E-state index contributed by atoms with van der Waals surface area (Å²) in [4.78, 5) is 12.8. The molecule has 148 valence electrons. The highest BCUT2D eigenvalue weighted by Gasteiger charge is 2.41. The monoisotopic (exact) mass is 370 g/mol. The number of ether oxygens (including phenoxy) is 2. The van der Waals surface area contributed by atoms with E-state index in [4.69, 9.17) is 9.47 Å². The fourth-order valence-corrected chi connectivity index (χ4v) is 4.93. The van der Waals surface area contributed by atoms with Crippen molar-refractivity contribution in [3.8, 4) is 0 Å². The van der Waals surface area contributed by atoms with E-state index in [2.05, 4.69) is 32.0 Å². The molecule has 3 nitrogen and oxygen atoms in total. The first kappa shape index (κ1) is 20.3. The molecule has 2 aliphatic carbocycles. The van der Waals surface area contributed by atoms with Gasteiger partial charge in [0.1, 0.15) is 6.10 Å². The molecular formula is C24H34O3. The van der Waals surface area contributed by atoms with Crippen LogP contribution < -0.4 is 0 Å². The van der Waals surface area contributed by atoms with Crippen molar-refractivity contribution in [2.24, 2.45) is 5.92 Å². The lowest BCUT2D eigenvalue weighted by Gasteiger charge is -2.32. The number of benzene rings is 1. The summed E-state index contributed by atoms with van der Waals surface area (Å²) in [6.07, 6.45) is 8.28. The number of fused-ring (bicyclic) bond motifs is 2. The predicted octanol–water partition coefficient (Wildman–Crippen LogP) is 5.50. The molecule has 0 fully saturated rings. The third-order valence-electron chi connectivity index (χ3n) is 6.43. The van der Waals surface area contributed by atoms with Gasteiger partial charge in [-0.3, -0.25) is 4.79 Å². The lowest BCUT2D eigenvalue weighted by Crippen LogP contribution is -2.22. The molecular weight excluding hydrogens is 336 g/mol. The third kappa shape index (κ3) is 4.20. The molecule has 2 aliphatic rings. The first-order valence-electron chi connectivity index (χ1n) is 10.5. The summed E-state index contributed by atoms with van der Waals surface area (Å²) in [5, 5.41) is 0. The van der Waals surface area contributed by atoms with E-state index in [1.165, 1.54) is 41.5 Å². The topological polar surface area (TPSA) is 35.5 Å². The van der Waals surface area contributed by atoms with Gasteiger partial charge in [0.25, 0.3) is 0 Å². The molecule has 0 saturated carbocycles. The normalized spacial score (nSPS) is 22.7. The Labute approximate surface area is 164 Å². The fraction of sp³-hybridized carbons (Fsp3) is 0.625. The Kier molecular flexibility index (Phi) is 6.88. The van der Waals surface area contributed by atoms with Crippen molar-refractivity contribution in [1.82, 2.24) is 0 Å². The number of aryl methyl sites for hydroxylation is 1. The van der Waals surface area contributed by atoms with E-state index < -0.39 is 0 Å². The van der Waals surface area contributed by atoms with Crippen LogP contribution in [0, 0.1) is 12.8 Å². The van der Waals surface area contributed by atoms with Gasteiger partial charge in [-0.05, 0) is 66.4 Å². The molecule has 3 rings (SSSR count). The van der Waals surface area contributed by atoms with Crippen LogP contribution in [0.3, 0.4) is 0 Å². The van der Waals surface area contributed by atoms with Gasteiger partial charge in [-0.15, -0.1) is 0 Å². The smallest absolute Gasteiger partial charge is 0.159 e. The van der Waals surface area contributed by atoms with Crippen LogP contribution in [0.15, 0.2) is 29.3 Å². The molecule has 0 unspecified atom stereocenters. The molecule has 1 aromatic rings. The molecule has 0 bridgehead atoms. The van der Waals surface area contributed by atoms with Crippen molar-refractivity contribution >= 4 is 5.78 Å². The maximum absolute atomic E-state index is 12.8. The van der Waals surface area contributed by atoms with Gasteiger partial charge >= 0.3 is 0 Å². The van der Waals surface area contributed by atoms with Crippen LogP contribution in [0.4, 0.5) is 0 Å². The first-order chi connectivity index (χ1) is 13.1. The largest absolute Gasteiger partial charge is 0.381 e. The number of rotatable bonds is 9. The number of methoxy groups -OCH3 is 2. The van der Waals surface area contributed by atoms with Crippen molar-refractivity contribution in [2.45, 2.75) is 77.4 Å². The van der Waals surface area contributed by atoms with E-state index >= 15 is 0 Å². The highest BCUT2D eigenvalue weighted by atomic mass is 16.5. The van der Waals surface area contributed by atoms with E-state index in [-0.39, 0.29) is 12.2 Å². The van der Waals surface area contributed by atoms with Gasteiger partial charge in [0.05, 0.1) is 6.10 Å². The van der Waals surface area contributed by atoms with Gasteiger partial charge in [0, 0.05) is 20.6 Å². The summed E-state index contributed by atoms with van der Waals surface area (Å²) in [5.74, 6) is 0.637. The molecule has 3 heteroatoms. The quantitative estimate of drug-likeness (QED) is 0.538. The number of Topliss-reactive ketones (excluding diaryl/α,β-unsaturated/α-hetero) is 1. The maximum Gasteiger partial charge on any atom is 0.159 e. The maximum atomic E-state index is 12.8. The van der Waals surface area contributed by atoms with Crippen LogP contribution in [0.2, 0.25) is 0 Å². The first-order valence-corrected chi connectivity index (χ1v) is 10.5. The number of carbonyl (C=O) groups excluding carboxylic acids is 1. The molecule has 0 radical (unpaired) electrons. The fourth-order valence-electron chi connectivity index (χ4n) is 4.93. The van der Waals surface area contributed by atoms with Gasteiger partial charge in [-0.25, -0.2) is 0 Å². The average molecular weight is 371 g/mol. The van der Waals surface area contributed by atoms with Crippen molar-refractivity contribution in [2.75, 3.05) is 14.2 Å². The van der Waals surface area contributed by atoms with E-state index in [9.17, 15) is 4.79 Å². The van der Waals surface area contributed by atoms with Gasteiger partial charge in [0.15, 0.2) is 5.78 Å². The Bertz CT molecular complexity index is 704. The lowest BCUT2D eigenvalue weighted by atomic mass is 9.77. The van der Waals surface area contributed by atoms with Crippen LogP contribution in [0.25, 0.3) is 0 Å². The summed E-state index contributed by atoms with van der Waals surface area (Å²) in [5.41, 5.74) is 6.22. The molecule has 27 heavy (non-hydrogen) atoms. The standard InChI is InChI=1S/C24H34O3/c1-5-6-7-10-18(26-3)12-13-20-22(25)15-17-14-21-16(2)9-8-11-19(21)24(27-4)23(17)20/h8-9,11,17-18,24H,5-7,10,12-15H2,1-4H3/t17-,18-,24+/m0/s1. The summed E-state index contributed by atoms with van der Waals surface area (Å²) in [6.45, 7) is 4.39. The summed E-state index contributed by atoms with van der Waals surface area (Å²) in [7, 11) is 3.57. The number of allylic oxidation sites excluding steroid dienone is 1. The molecule has 0 aliphatic heterocycles. The van der Waals surface area contributed by atoms with E-state index in [1.807, 2.05) is 0 Å². The number of ketones is 1. The number of hydrogen-bond acceptors (Lipinski definition) is 3. The van der Waals surface area contributed by atoms with Crippen LogP contribution in [-0.2, 0) is 20.7 Å². The van der Waals surface area contributed by atoms with Gasteiger partial charge in [-0.2, -0.15) is 0 Å². The minimum absolute atomic E-state index is 0.0683. The van der Waals surface area contributed by atoms with Crippen molar-refractivity contribution in [3.05, 3.63) is 46.0 Å². The van der Waals surface area contributed by atoms with Crippen LogP contribution in [-0.4, -0.2) is 26.1 Å². The van der Waals surface area contributed by atoms with E-state index in [0.29, 0.717) is 18.1 Å². The van der Waals surface area contributed by atoms with Crippen molar-refractivity contribution < 1.29 is 14.3 Å². The molecule has 0 aromatic heterocycles. The molecule has 0 N–H and O–H groups in total. The highest BCUT2D eigenvalue weighted by Crippen LogP contribution is 2.48. The Balaban J connectivity index is 1.82. The van der Waals surface area contributed by atoms with Crippen LogP contribution in [0.5, 0.6) is 0 Å². The highest BCUT2D eigenvalue weighted by molar-refractivity contribution is 5.99. The Morgan fingerprint density at radius 3 is 2.67 bits per heavy atom. The zero-order chi connectivity index (χ0) is 19.4. The third-order valence-corrected chi connectivity index (χ3v) is 6.43. The Morgan fingerprint density at radius 1 is 1.15 bits per heavy atom. The van der Waals surface area contributed by atoms with Gasteiger partial charge < -0.3 is 9.47 Å². The molecule has 1 aromatic carbocycles. The van der Waals surface area contributed by atoms with Gasteiger partial charge in [-0.1, -0.05) is 44.4 Å². The molecule has 0 heterocycles. The van der Waals surface area contributed by atoms with Crippen LogP contribution >= 0.6 is 0 Å². The molecule has 0 saturated heterocycles. The Hall–Kier alpha value is -1.45.